The molecule has 1 amide bonds. The summed E-state index contributed by atoms with van der Waals surface area (Å²) in [5.74, 6) is -1.24. The maximum Gasteiger partial charge on any atom is 0.250 e. The number of primary amides is 1. The minimum absolute atomic E-state index is 0.0837. The summed E-state index contributed by atoms with van der Waals surface area (Å²) in [6.07, 6.45) is 0. The number of anilines is 1. The van der Waals surface area contributed by atoms with Crippen molar-refractivity contribution in [3.05, 3.63) is 77.0 Å². The number of hydrogen-bond acceptors (Lipinski definition) is 4. The molecule has 5 nitrogen and oxygen atoms in total. The van der Waals surface area contributed by atoms with Crippen LogP contribution in [0.4, 0.5) is 10.1 Å². The third kappa shape index (κ3) is 3.87. The highest BCUT2D eigenvalue weighted by Crippen LogP contribution is 2.42. The zero-order valence-corrected chi connectivity index (χ0v) is 19.8. The molecule has 0 spiro atoms. The number of nitrogens with zero attached hydrogens (tertiary/aromatic N) is 1. The molecule has 0 saturated heterocycles. The number of halogens is 1. The first kappa shape index (κ1) is 22.9. The SMILES string of the molecule is C=CSN(C)c1cccc(-c2c(F)cc(C(N)=O)c3[nH]c4cc(C(C)(C)O)ccc4c23)c1C. The molecule has 0 fully saturated rings. The van der Waals surface area contributed by atoms with Crippen molar-refractivity contribution in [2.75, 3.05) is 11.4 Å². The van der Waals surface area contributed by atoms with Crippen LogP contribution >= 0.6 is 11.9 Å². The molecular formula is C26H26FN3O2S. The molecule has 0 bridgehead atoms. The monoisotopic (exact) mass is 463 g/mol. The standard InChI is InChI=1S/C26H26FN3O2S/c1-6-33-30(5)21-9-7-8-16(14(21)2)22-19(27)13-18(25(28)31)24-23(22)17-11-10-15(26(3,4)32)12-20(17)29-24/h6-13,29,32H,1H2,2-5H3,(H2,28,31). The van der Waals surface area contributed by atoms with Gasteiger partial charge >= 0.3 is 0 Å². The second-order valence-corrected chi connectivity index (χ2v) is 9.65. The van der Waals surface area contributed by atoms with E-state index in [-0.39, 0.29) is 5.56 Å². The molecule has 7 heteroatoms. The lowest BCUT2D eigenvalue weighted by molar-refractivity contribution is 0.0787. The van der Waals surface area contributed by atoms with E-state index in [0.717, 1.165) is 22.2 Å². The Balaban J connectivity index is 2.11. The number of amides is 1. The lowest BCUT2D eigenvalue weighted by atomic mass is 9.92. The van der Waals surface area contributed by atoms with E-state index < -0.39 is 17.3 Å². The molecule has 4 rings (SSSR count). The normalized spacial score (nSPS) is 11.8. The average molecular weight is 464 g/mol. The van der Waals surface area contributed by atoms with Gasteiger partial charge in [-0.2, -0.15) is 0 Å². The third-order valence-electron chi connectivity index (χ3n) is 5.95. The second-order valence-electron chi connectivity index (χ2n) is 8.56. The van der Waals surface area contributed by atoms with Crippen molar-refractivity contribution in [3.63, 3.8) is 0 Å². The predicted molar refractivity (Wildman–Crippen MR) is 136 cm³/mol. The number of aromatic amines is 1. The lowest BCUT2D eigenvalue weighted by Crippen LogP contribution is -2.14. The molecule has 33 heavy (non-hydrogen) atoms. The van der Waals surface area contributed by atoms with Crippen LogP contribution in [-0.4, -0.2) is 23.0 Å². The quantitative estimate of drug-likeness (QED) is 0.307. The van der Waals surface area contributed by atoms with E-state index in [1.165, 1.54) is 18.0 Å². The second kappa shape index (κ2) is 8.24. The number of fused-ring (bicyclic) bond motifs is 3. The fraction of sp³-hybridized carbons (Fsp3) is 0.192. The van der Waals surface area contributed by atoms with Crippen LogP contribution in [0.1, 0.15) is 35.3 Å². The number of carbonyl (C=O) groups excluding carboxylic acids is 1. The summed E-state index contributed by atoms with van der Waals surface area (Å²) in [7, 11) is 1.92. The number of carbonyl (C=O) groups is 1. The Morgan fingerprint density at radius 3 is 2.64 bits per heavy atom. The van der Waals surface area contributed by atoms with Crippen molar-refractivity contribution >= 4 is 45.3 Å². The molecule has 0 unspecified atom stereocenters. The van der Waals surface area contributed by atoms with Gasteiger partial charge in [-0.3, -0.25) is 4.79 Å². The molecule has 0 atom stereocenters. The summed E-state index contributed by atoms with van der Waals surface area (Å²) >= 11 is 1.44. The Morgan fingerprint density at radius 1 is 1.27 bits per heavy atom. The Bertz CT molecular complexity index is 1420. The molecule has 170 valence electrons. The molecule has 4 aromatic rings. The van der Waals surface area contributed by atoms with E-state index in [4.69, 9.17) is 5.73 Å². The summed E-state index contributed by atoms with van der Waals surface area (Å²) in [4.78, 5) is 15.4. The molecule has 1 heterocycles. The number of hydrogen-bond donors (Lipinski definition) is 3. The molecule has 1 aromatic heterocycles. The number of nitrogens with one attached hydrogen (secondary N) is 1. The van der Waals surface area contributed by atoms with Crippen molar-refractivity contribution < 1.29 is 14.3 Å². The Kier molecular flexibility index (Phi) is 5.72. The largest absolute Gasteiger partial charge is 0.386 e. The van der Waals surface area contributed by atoms with E-state index in [1.54, 1.807) is 19.3 Å². The Labute approximate surface area is 196 Å². The first-order valence-corrected chi connectivity index (χ1v) is 11.3. The summed E-state index contributed by atoms with van der Waals surface area (Å²) in [6, 6.07) is 12.4. The van der Waals surface area contributed by atoms with Gasteiger partial charge in [0.25, 0.3) is 5.91 Å². The van der Waals surface area contributed by atoms with Gasteiger partial charge in [-0.05, 0) is 73.0 Å². The van der Waals surface area contributed by atoms with Crippen LogP contribution in [0.15, 0.2) is 54.5 Å². The van der Waals surface area contributed by atoms with Gasteiger partial charge in [0.2, 0.25) is 0 Å². The van der Waals surface area contributed by atoms with Crippen molar-refractivity contribution in [2.45, 2.75) is 26.4 Å². The zero-order valence-electron chi connectivity index (χ0n) is 19.0. The highest BCUT2D eigenvalue weighted by Gasteiger charge is 2.24. The topological polar surface area (TPSA) is 82.3 Å². The van der Waals surface area contributed by atoms with Crippen molar-refractivity contribution in [1.82, 2.24) is 4.98 Å². The first-order valence-electron chi connectivity index (χ1n) is 10.5. The van der Waals surface area contributed by atoms with Crippen LogP contribution in [0.3, 0.4) is 0 Å². The molecule has 4 N–H and O–H groups in total. The molecule has 0 radical (unpaired) electrons. The minimum atomic E-state index is -1.05. The van der Waals surface area contributed by atoms with Gasteiger partial charge in [-0.25, -0.2) is 4.39 Å². The number of rotatable bonds is 6. The minimum Gasteiger partial charge on any atom is -0.386 e. The molecule has 0 aliphatic rings. The van der Waals surface area contributed by atoms with Crippen LogP contribution in [0.5, 0.6) is 0 Å². The van der Waals surface area contributed by atoms with E-state index in [9.17, 15) is 9.90 Å². The maximum absolute atomic E-state index is 15.7. The Morgan fingerprint density at radius 2 is 2.00 bits per heavy atom. The highest BCUT2D eigenvalue weighted by molar-refractivity contribution is 8.03. The smallest absolute Gasteiger partial charge is 0.250 e. The van der Waals surface area contributed by atoms with E-state index >= 15 is 4.39 Å². The number of nitrogens with two attached hydrogens (primary N) is 1. The number of aliphatic hydroxyl groups is 1. The molecule has 3 aromatic carbocycles. The highest BCUT2D eigenvalue weighted by atomic mass is 32.2. The summed E-state index contributed by atoms with van der Waals surface area (Å²) in [5, 5.41) is 13.5. The lowest BCUT2D eigenvalue weighted by Gasteiger charge is -2.21. The summed E-state index contributed by atoms with van der Waals surface area (Å²) < 4.78 is 17.6. The van der Waals surface area contributed by atoms with Gasteiger partial charge < -0.3 is 20.1 Å². The first-order chi connectivity index (χ1) is 15.5. The van der Waals surface area contributed by atoms with Gasteiger partial charge in [0, 0.05) is 28.9 Å². The van der Waals surface area contributed by atoms with Crippen LogP contribution in [-0.2, 0) is 5.60 Å². The molecular weight excluding hydrogens is 437 g/mol. The van der Waals surface area contributed by atoms with Crippen LogP contribution in [0.25, 0.3) is 32.9 Å². The van der Waals surface area contributed by atoms with Crippen LogP contribution in [0.2, 0.25) is 0 Å². The predicted octanol–water partition coefficient (Wildman–Crippen LogP) is 5.99. The zero-order chi connectivity index (χ0) is 24.1. The van der Waals surface area contributed by atoms with Crippen LogP contribution in [0, 0.1) is 12.7 Å². The van der Waals surface area contributed by atoms with Gasteiger partial charge in [-0.1, -0.05) is 30.8 Å². The van der Waals surface area contributed by atoms with Crippen molar-refractivity contribution in [2.24, 2.45) is 5.73 Å². The third-order valence-corrected chi connectivity index (χ3v) is 6.61. The molecule has 0 saturated carbocycles. The van der Waals surface area contributed by atoms with Crippen LogP contribution < -0.4 is 10.0 Å². The van der Waals surface area contributed by atoms with Gasteiger partial charge in [-0.15, -0.1) is 0 Å². The fourth-order valence-electron chi connectivity index (χ4n) is 4.29. The van der Waals surface area contributed by atoms with Gasteiger partial charge in [0.05, 0.1) is 22.4 Å². The summed E-state index contributed by atoms with van der Waals surface area (Å²) in [5.41, 5.74) is 9.42. The van der Waals surface area contributed by atoms with Crippen molar-refractivity contribution in [3.8, 4) is 11.1 Å². The van der Waals surface area contributed by atoms with Crippen molar-refractivity contribution in [1.29, 1.82) is 0 Å². The van der Waals surface area contributed by atoms with Gasteiger partial charge in [0.1, 0.15) is 5.82 Å². The van der Waals surface area contributed by atoms with E-state index in [2.05, 4.69) is 11.6 Å². The molecule has 0 aliphatic heterocycles. The van der Waals surface area contributed by atoms with Gasteiger partial charge in [0.15, 0.2) is 0 Å². The maximum atomic E-state index is 15.7. The number of H-pyrrole nitrogens is 1. The van der Waals surface area contributed by atoms with E-state index in [0.29, 0.717) is 27.5 Å². The summed E-state index contributed by atoms with van der Waals surface area (Å²) in [6.45, 7) is 9.10. The number of aromatic nitrogens is 1. The fourth-order valence-corrected chi connectivity index (χ4v) is 4.83. The molecule has 0 aliphatic carbocycles. The Hall–Kier alpha value is -3.29. The van der Waals surface area contributed by atoms with E-state index in [1.807, 2.05) is 54.7 Å². The average Bonchev–Trinajstić information content (AvgIpc) is 3.12. The number of benzene rings is 3.